The maximum absolute atomic E-state index is 12.1. The van der Waals surface area contributed by atoms with Crippen LogP contribution in [0.25, 0.3) is 0 Å². The highest BCUT2D eigenvalue weighted by Crippen LogP contribution is 2.15. The molecule has 0 aliphatic carbocycles. The lowest BCUT2D eigenvalue weighted by molar-refractivity contribution is -0.114. The predicted octanol–water partition coefficient (Wildman–Crippen LogP) is 3.56. The minimum atomic E-state index is -0.296. The molecule has 0 aromatic heterocycles. The van der Waals surface area contributed by atoms with Gasteiger partial charge in [-0.2, -0.15) is 5.10 Å². The summed E-state index contributed by atoms with van der Waals surface area (Å²) in [6, 6.07) is 14.4. The molecule has 2 amide bonds. The average Bonchev–Trinajstić information content (AvgIpc) is 2.52. The Labute approximate surface area is 142 Å². The highest BCUT2D eigenvalue weighted by atomic mass is 79.9. The Hall–Kier alpha value is -2.47. The Morgan fingerprint density at radius 2 is 1.78 bits per heavy atom. The summed E-state index contributed by atoms with van der Waals surface area (Å²) in [5.74, 6) is -0.436. The number of nitrogens with zero attached hydrogens (tertiary/aromatic N) is 1. The number of carbonyl (C=O) groups excluding carboxylic acids is 2. The van der Waals surface area contributed by atoms with E-state index in [4.69, 9.17) is 0 Å². The van der Waals surface area contributed by atoms with Crippen LogP contribution in [-0.4, -0.2) is 17.5 Å². The van der Waals surface area contributed by atoms with Gasteiger partial charge in [0.05, 0.1) is 11.3 Å². The van der Waals surface area contributed by atoms with Gasteiger partial charge < -0.3 is 5.32 Å². The zero-order valence-electron chi connectivity index (χ0n) is 12.8. The Balaban J connectivity index is 2.12. The lowest BCUT2D eigenvalue weighted by Crippen LogP contribution is -2.19. The van der Waals surface area contributed by atoms with Crippen LogP contribution in [0, 0.1) is 0 Å². The number of nitrogens with one attached hydrogen (secondary N) is 2. The number of halogens is 1. The van der Waals surface area contributed by atoms with Crippen molar-refractivity contribution >= 4 is 39.1 Å². The maximum Gasteiger partial charge on any atom is 0.272 e. The second-order valence-electron chi connectivity index (χ2n) is 4.88. The largest absolute Gasteiger partial charge is 0.326 e. The van der Waals surface area contributed by atoms with Gasteiger partial charge in [-0.25, -0.2) is 5.43 Å². The number of hydrazone groups is 1. The summed E-state index contributed by atoms with van der Waals surface area (Å²) in [6.45, 7) is 3.23. The molecule has 0 aliphatic heterocycles. The van der Waals surface area contributed by atoms with Crippen molar-refractivity contribution in [3.63, 3.8) is 0 Å². The third-order valence-electron chi connectivity index (χ3n) is 3.04. The van der Waals surface area contributed by atoms with E-state index in [1.54, 1.807) is 37.3 Å². The van der Waals surface area contributed by atoms with Gasteiger partial charge in [-0.15, -0.1) is 0 Å². The van der Waals surface area contributed by atoms with Gasteiger partial charge in [-0.3, -0.25) is 9.59 Å². The minimum absolute atomic E-state index is 0.140. The van der Waals surface area contributed by atoms with Crippen LogP contribution in [0.2, 0.25) is 0 Å². The number of hydrogen-bond acceptors (Lipinski definition) is 3. The van der Waals surface area contributed by atoms with Crippen LogP contribution in [0.15, 0.2) is 58.1 Å². The molecule has 0 saturated carbocycles. The molecule has 0 bridgehead atoms. The normalized spacial score (nSPS) is 11.0. The fourth-order valence-electron chi connectivity index (χ4n) is 1.93. The molecule has 0 unspecified atom stereocenters. The highest BCUT2D eigenvalue weighted by molar-refractivity contribution is 9.10. The average molecular weight is 374 g/mol. The van der Waals surface area contributed by atoms with E-state index in [1.165, 1.54) is 6.92 Å². The third kappa shape index (κ3) is 4.75. The van der Waals surface area contributed by atoms with E-state index >= 15 is 0 Å². The summed E-state index contributed by atoms with van der Waals surface area (Å²) in [4.78, 5) is 23.2. The number of rotatable bonds is 4. The first-order valence-corrected chi connectivity index (χ1v) is 7.74. The quantitative estimate of drug-likeness (QED) is 0.635. The van der Waals surface area contributed by atoms with E-state index < -0.39 is 0 Å². The summed E-state index contributed by atoms with van der Waals surface area (Å²) in [5, 5.41) is 6.83. The van der Waals surface area contributed by atoms with Crippen molar-refractivity contribution in [2.75, 3.05) is 5.32 Å². The summed E-state index contributed by atoms with van der Waals surface area (Å²) in [5.41, 5.74) is 5.17. The number of amides is 2. The van der Waals surface area contributed by atoms with E-state index in [0.29, 0.717) is 21.4 Å². The molecular weight excluding hydrogens is 358 g/mol. The lowest BCUT2D eigenvalue weighted by atomic mass is 10.1. The molecule has 2 aromatic rings. The third-order valence-corrected chi connectivity index (χ3v) is 3.74. The van der Waals surface area contributed by atoms with E-state index in [-0.39, 0.29) is 11.8 Å². The van der Waals surface area contributed by atoms with E-state index in [0.717, 1.165) is 5.56 Å². The van der Waals surface area contributed by atoms with Crippen molar-refractivity contribution in [1.82, 2.24) is 5.43 Å². The van der Waals surface area contributed by atoms with Crippen molar-refractivity contribution in [2.24, 2.45) is 5.10 Å². The summed E-state index contributed by atoms with van der Waals surface area (Å²) in [6.07, 6.45) is 0. The van der Waals surface area contributed by atoms with Crippen molar-refractivity contribution in [3.8, 4) is 0 Å². The van der Waals surface area contributed by atoms with Crippen molar-refractivity contribution in [3.05, 3.63) is 64.1 Å². The first-order chi connectivity index (χ1) is 11.0. The fraction of sp³-hybridized carbons (Fsp3) is 0.118. The number of benzene rings is 2. The van der Waals surface area contributed by atoms with Gasteiger partial charge >= 0.3 is 0 Å². The number of carbonyl (C=O) groups is 2. The molecule has 0 radical (unpaired) electrons. The molecule has 0 fully saturated rings. The summed E-state index contributed by atoms with van der Waals surface area (Å²) < 4.78 is 0.706. The van der Waals surface area contributed by atoms with Crippen molar-refractivity contribution in [2.45, 2.75) is 13.8 Å². The van der Waals surface area contributed by atoms with Crippen LogP contribution >= 0.6 is 15.9 Å². The minimum Gasteiger partial charge on any atom is -0.326 e. The molecule has 5 nitrogen and oxygen atoms in total. The standard InChI is InChI=1S/C17H16BrN3O2/c1-11(13-6-5-7-14(10-13)19-12(2)22)20-21-17(23)15-8-3-4-9-16(15)18/h3-10H,1-2H3,(H,19,22)(H,21,23)/b20-11-. The lowest BCUT2D eigenvalue weighted by Gasteiger charge is -2.07. The van der Waals surface area contributed by atoms with E-state index in [1.807, 2.05) is 18.2 Å². The molecule has 2 aromatic carbocycles. The molecule has 118 valence electrons. The van der Waals surface area contributed by atoms with Gasteiger partial charge in [0.1, 0.15) is 0 Å². The van der Waals surface area contributed by atoms with Crippen LogP contribution in [-0.2, 0) is 4.79 Å². The van der Waals surface area contributed by atoms with Gasteiger partial charge in [0.2, 0.25) is 5.91 Å². The van der Waals surface area contributed by atoms with Gasteiger partial charge in [-0.05, 0) is 52.7 Å². The van der Waals surface area contributed by atoms with Crippen LogP contribution in [0.1, 0.15) is 29.8 Å². The molecule has 0 aliphatic rings. The van der Waals surface area contributed by atoms with Crippen molar-refractivity contribution in [1.29, 1.82) is 0 Å². The van der Waals surface area contributed by atoms with E-state index in [2.05, 4.69) is 31.8 Å². The van der Waals surface area contributed by atoms with Gasteiger partial charge in [0, 0.05) is 17.1 Å². The molecule has 6 heteroatoms. The van der Waals surface area contributed by atoms with Gasteiger partial charge in [0.15, 0.2) is 0 Å². The Kier molecular flexibility index (Phi) is 5.65. The smallest absolute Gasteiger partial charge is 0.272 e. The molecule has 0 atom stereocenters. The number of hydrogen-bond donors (Lipinski definition) is 2. The number of anilines is 1. The molecule has 0 saturated heterocycles. The fourth-order valence-corrected chi connectivity index (χ4v) is 2.39. The molecule has 2 rings (SSSR count). The first kappa shape index (κ1) is 16.9. The zero-order valence-corrected chi connectivity index (χ0v) is 14.3. The second-order valence-corrected chi connectivity index (χ2v) is 5.73. The Morgan fingerprint density at radius 3 is 2.48 bits per heavy atom. The Morgan fingerprint density at radius 1 is 1.04 bits per heavy atom. The maximum atomic E-state index is 12.1. The molecule has 23 heavy (non-hydrogen) atoms. The molecule has 0 heterocycles. The van der Waals surface area contributed by atoms with E-state index in [9.17, 15) is 9.59 Å². The molecule has 2 N–H and O–H groups in total. The Bertz CT molecular complexity index is 772. The van der Waals surface area contributed by atoms with Crippen molar-refractivity contribution < 1.29 is 9.59 Å². The van der Waals surface area contributed by atoms with Crippen LogP contribution in [0.4, 0.5) is 5.69 Å². The summed E-state index contributed by atoms with van der Waals surface area (Å²) in [7, 11) is 0. The predicted molar refractivity (Wildman–Crippen MR) is 94.6 cm³/mol. The van der Waals surface area contributed by atoms with Crippen LogP contribution in [0.5, 0.6) is 0 Å². The van der Waals surface area contributed by atoms with Crippen LogP contribution < -0.4 is 10.7 Å². The molecular formula is C17H16BrN3O2. The SMILES string of the molecule is CC(=O)Nc1cccc(/C(C)=N\NC(=O)c2ccccc2Br)c1. The zero-order chi connectivity index (χ0) is 16.8. The van der Waals surface area contributed by atoms with Gasteiger partial charge in [-0.1, -0.05) is 24.3 Å². The topological polar surface area (TPSA) is 70.6 Å². The summed E-state index contributed by atoms with van der Waals surface area (Å²) >= 11 is 3.33. The van der Waals surface area contributed by atoms with Crippen LogP contribution in [0.3, 0.4) is 0 Å². The molecule has 0 spiro atoms. The second kappa shape index (κ2) is 7.69. The van der Waals surface area contributed by atoms with Gasteiger partial charge in [0.25, 0.3) is 5.91 Å². The highest BCUT2D eigenvalue weighted by Gasteiger charge is 2.08. The first-order valence-electron chi connectivity index (χ1n) is 6.94. The monoisotopic (exact) mass is 373 g/mol.